The molecule has 0 aromatic heterocycles. The lowest BCUT2D eigenvalue weighted by Crippen LogP contribution is -2.41. The second-order valence-corrected chi connectivity index (χ2v) is 6.82. The molecule has 1 aliphatic rings. The third-order valence-electron chi connectivity index (χ3n) is 5.07. The van der Waals surface area contributed by atoms with Crippen LogP contribution in [0.3, 0.4) is 0 Å². The van der Waals surface area contributed by atoms with Crippen LogP contribution in [0.5, 0.6) is 17.2 Å². The van der Waals surface area contributed by atoms with Gasteiger partial charge in [0.25, 0.3) is 0 Å². The minimum atomic E-state index is 0.117. The summed E-state index contributed by atoms with van der Waals surface area (Å²) in [7, 11) is 4.93. The van der Waals surface area contributed by atoms with Gasteiger partial charge in [0, 0.05) is 13.1 Å². The van der Waals surface area contributed by atoms with Crippen LogP contribution < -0.4 is 19.5 Å². The summed E-state index contributed by atoms with van der Waals surface area (Å²) < 4.78 is 16.0. The average molecular weight is 384 g/mol. The molecule has 0 unspecified atom stereocenters. The summed E-state index contributed by atoms with van der Waals surface area (Å²) in [6.45, 7) is 2.41. The Labute approximate surface area is 166 Å². The van der Waals surface area contributed by atoms with Gasteiger partial charge in [0.2, 0.25) is 5.91 Å². The Balaban J connectivity index is 1.50. The van der Waals surface area contributed by atoms with Gasteiger partial charge in [0.15, 0.2) is 11.5 Å². The number of hydrogen-bond acceptors (Lipinski definition) is 5. The quantitative estimate of drug-likeness (QED) is 0.709. The maximum absolute atomic E-state index is 12.6. The summed E-state index contributed by atoms with van der Waals surface area (Å²) in [4.78, 5) is 14.5. The molecule has 0 radical (unpaired) electrons. The van der Waals surface area contributed by atoms with E-state index >= 15 is 0 Å². The van der Waals surface area contributed by atoms with Gasteiger partial charge in [-0.15, -0.1) is 0 Å². The van der Waals surface area contributed by atoms with Gasteiger partial charge >= 0.3 is 0 Å². The minimum absolute atomic E-state index is 0.117. The van der Waals surface area contributed by atoms with Crippen LogP contribution in [0.2, 0.25) is 0 Å². The number of nitrogens with one attached hydrogen (secondary N) is 1. The van der Waals surface area contributed by atoms with Crippen LogP contribution in [0.25, 0.3) is 0 Å². The maximum atomic E-state index is 12.6. The van der Waals surface area contributed by atoms with Crippen LogP contribution in [0.15, 0.2) is 36.4 Å². The van der Waals surface area contributed by atoms with Gasteiger partial charge in [-0.05, 0) is 60.3 Å². The van der Waals surface area contributed by atoms with Crippen molar-refractivity contribution >= 4 is 5.91 Å². The number of amides is 1. The molecule has 0 bridgehead atoms. The van der Waals surface area contributed by atoms with Crippen molar-refractivity contribution in [2.24, 2.45) is 0 Å². The summed E-state index contributed by atoms with van der Waals surface area (Å²) in [6, 6.07) is 12.0. The van der Waals surface area contributed by atoms with E-state index in [4.69, 9.17) is 14.2 Å². The predicted octanol–water partition coefficient (Wildman–Crippen LogP) is 2.43. The van der Waals surface area contributed by atoms with Crippen molar-refractivity contribution in [3.63, 3.8) is 0 Å². The molecular weight excluding hydrogens is 356 g/mol. The number of methoxy groups -OCH3 is 3. The van der Waals surface area contributed by atoms with E-state index in [2.05, 4.69) is 11.4 Å². The van der Waals surface area contributed by atoms with Crippen molar-refractivity contribution < 1.29 is 19.0 Å². The van der Waals surface area contributed by atoms with Crippen molar-refractivity contribution in [1.82, 2.24) is 10.2 Å². The normalized spacial score (nSPS) is 13.0. The molecule has 1 aliphatic heterocycles. The summed E-state index contributed by atoms with van der Waals surface area (Å²) >= 11 is 0. The highest BCUT2D eigenvalue weighted by Gasteiger charge is 2.22. The fourth-order valence-corrected chi connectivity index (χ4v) is 3.46. The molecular formula is C22H28N2O4. The van der Waals surface area contributed by atoms with Crippen molar-refractivity contribution in [3.8, 4) is 17.2 Å². The topological polar surface area (TPSA) is 60.0 Å². The summed E-state index contributed by atoms with van der Waals surface area (Å²) in [6.07, 6.45) is 1.68. The van der Waals surface area contributed by atoms with E-state index in [9.17, 15) is 4.79 Å². The lowest BCUT2D eigenvalue weighted by molar-refractivity contribution is -0.131. The molecule has 0 fully saturated rings. The first-order chi connectivity index (χ1) is 13.6. The zero-order valence-corrected chi connectivity index (χ0v) is 16.8. The third kappa shape index (κ3) is 4.75. The molecule has 0 atom stereocenters. The Bertz CT molecular complexity index is 822. The van der Waals surface area contributed by atoms with E-state index in [0.717, 1.165) is 43.0 Å². The number of nitrogens with zero attached hydrogens (tertiary/aromatic N) is 1. The molecule has 2 aromatic carbocycles. The molecule has 0 spiro atoms. The zero-order valence-electron chi connectivity index (χ0n) is 16.8. The molecule has 28 heavy (non-hydrogen) atoms. The number of ether oxygens (including phenoxy) is 3. The fourth-order valence-electron chi connectivity index (χ4n) is 3.46. The van der Waals surface area contributed by atoms with E-state index in [1.54, 1.807) is 21.3 Å². The number of carbonyl (C=O) groups excluding carboxylic acids is 1. The predicted molar refractivity (Wildman–Crippen MR) is 108 cm³/mol. The van der Waals surface area contributed by atoms with E-state index in [-0.39, 0.29) is 5.91 Å². The molecule has 150 valence electrons. The molecule has 6 heteroatoms. The Hall–Kier alpha value is -2.73. The van der Waals surface area contributed by atoms with Crippen LogP contribution in [-0.2, 0) is 24.2 Å². The first-order valence-electron chi connectivity index (χ1n) is 9.49. The number of hydrogen-bond donors (Lipinski definition) is 1. The monoisotopic (exact) mass is 384 g/mol. The average Bonchev–Trinajstić information content (AvgIpc) is 2.75. The largest absolute Gasteiger partial charge is 0.497 e. The second-order valence-electron chi connectivity index (χ2n) is 6.82. The highest BCUT2D eigenvalue weighted by Crippen LogP contribution is 2.33. The fraction of sp³-hybridized carbons (Fsp3) is 0.409. The SMILES string of the molecule is COc1cccc(CCNCC(=O)N2CCc3cc(OC)c(OC)cc3C2)c1. The smallest absolute Gasteiger partial charge is 0.236 e. The van der Waals surface area contributed by atoms with Crippen LogP contribution in [0, 0.1) is 0 Å². The van der Waals surface area contributed by atoms with Gasteiger partial charge < -0.3 is 24.4 Å². The molecule has 6 nitrogen and oxygen atoms in total. The Kier molecular flexibility index (Phi) is 6.76. The molecule has 1 N–H and O–H groups in total. The number of carbonyl (C=O) groups is 1. The van der Waals surface area contributed by atoms with Crippen LogP contribution in [0.4, 0.5) is 0 Å². The van der Waals surface area contributed by atoms with Gasteiger partial charge in [-0.3, -0.25) is 4.79 Å². The van der Waals surface area contributed by atoms with Crippen molar-refractivity contribution in [2.45, 2.75) is 19.4 Å². The first-order valence-corrected chi connectivity index (χ1v) is 9.49. The number of rotatable bonds is 8. The molecule has 1 amide bonds. The van der Waals surface area contributed by atoms with Crippen molar-refractivity contribution in [3.05, 3.63) is 53.1 Å². The Morgan fingerprint density at radius 2 is 1.79 bits per heavy atom. The van der Waals surface area contributed by atoms with E-state index < -0.39 is 0 Å². The lowest BCUT2D eigenvalue weighted by atomic mass is 9.98. The van der Waals surface area contributed by atoms with E-state index in [1.807, 2.05) is 35.2 Å². The molecule has 0 saturated carbocycles. The molecule has 2 aromatic rings. The van der Waals surface area contributed by atoms with Gasteiger partial charge in [-0.1, -0.05) is 12.1 Å². The van der Waals surface area contributed by atoms with Crippen molar-refractivity contribution in [2.75, 3.05) is 41.0 Å². The minimum Gasteiger partial charge on any atom is -0.497 e. The van der Waals surface area contributed by atoms with E-state index in [0.29, 0.717) is 18.8 Å². The summed E-state index contributed by atoms with van der Waals surface area (Å²) in [5, 5.41) is 3.26. The molecule has 0 aliphatic carbocycles. The van der Waals surface area contributed by atoms with Gasteiger partial charge in [0.05, 0.1) is 27.9 Å². The molecule has 1 heterocycles. The second kappa shape index (κ2) is 9.46. The highest BCUT2D eigenvalue weighted by molar-refractivity contribution is 5.78. The molecule has 3 rings (SSSR count). The van der Waals surface area contributed by atoms with Gasteiger partial charge in [0.1, 0.15) is 5.75 Å². The Morgan fingerprint density at radius 1 is 1.04 bits per heavy atom. The number of benzene rings is 2. The van der Waals surface area contributed by atoms with Crippen molar-refractivity contribution in [1.29, 1.82) is 0 Å². The highest BCUT2D eigenvalue weighted by atomic mass is 16.5. The van der Waals surface area contributed by atoms with Crippen LogP contribution >= 0.6 is 0 Å². The van der Waals surface area contributed by atoms with Gasteiger partial charge in [-0.25, -0.2) is 0 Å². The third-order valence-corrected chi connectivity index (χ3v) is 5.07. The van der Waals surface area contributed by atoms with E-state index in [1.165, 1.54) is 11.1 Å². The van der Waals surface area contributed by atoms with Gasteiger partial charge in [-0.2, -0.15) is 0 Å². The van der Waals surface area contributed by atoms with Crippen LogP contribution in [0.1, 0.15) is 16.7 Å². The first kappa shape index (κ1) is 20.0. The molecule has 0 saturated heterocycles. The summed E-state index contributed by atoms with van der Waals surface area (Å²) in [5.41, 5.74) is 3.52. The number of fused-ring (bicyclic) bond motifs is 1. The standard InChI is InChI=1S/C22H28N2O4/c1-26-19-6-4-5-16(11-19)7-9-23-14-22(25)24-10-8-17-12-20(27-2)21(28-3)13-18(17)15-24/h4-6,11-13,23H,7-10,14-15H2,1-3H3. The summed E-state index contributed by atoms with van der Waals surface area (Å²) in [5.74, 6) is 2.41. The Morgan fingerprint density at radius 3 is 2.50 bits per heavy atom. The lowest BCUT2D eigenvalue weighted by Gasteiger charge is -2.29. The maximum Gasteiger partial charge on any atom is 0.236 e. The zero-order chi connectivity index (χ0) is 19.9. The van der Waals surface area contributed by atoms with Crippen LogP contribution in [-0.4, -0.2) is 51.8 Å².